The lowest BCUT2D eigenvalue weighted by Gasteiger charge is -2.22. The standard InChI is InChI=1S/C27H30N4O4.C25H27N5O4.C2HF3O/c1-19(28)29-17-9-16-23(27(34)35-2)30-25(32)22-15-10-18-31(26(22)33)24(20-11-5-3-6-12-20)21-13-7-4-8-14-21;26-25(27)28-15-7-14-20(24(33)34)29-22(31)19-13-8-16-30(23(19)32)21(17-9-3-1-4-10-17)18-11-5-2-6-12-18;3-2(4,5)1-6/h3-8,10-15,18,23-24H,9,16-17H2,1-2H3,(H2,28,29)(H,30,32);1-6,8-13,16,20-21H,7,14-15H2,(H,29,31)(H,33,34)(H4,26,27,28);1H/t23-;20-;/m11./s1. The monoisotopic (exact) mass is 1030 g/mol. The number of aliphatic imine (C=N–C) groups is 2. The van der Waals surface area contributed by atoms with E-state index in [1.54, 1.807) is 31.5 Å². The van der Waals surface area contributed by atoms with Crippen LogP contribution in [0.5, 0.6) is 0 Å². The van der Waals surface area contributed by atoms with Gasteiger partial charge in [-0.05, 0) is 79.1 Å². The van der Waals surface area contributed by atoms with Crippen LogP contribution in [-0.2, 0) is 19.1 Å². The molecule has 9 N–H and O–H groups in total. The number of carboxylic acid groups (broad SMARTS) is 1. The molecule has 21 heteroatoms. The van der Waals surface area contributed by atoms with Crippen molar-refractivity contribution in [1.82, 2.24) is 19.8 Å². The molecule has 394 valence electrons. The van der Waals surface area contributed by atoms with E-state index >= 15 is 0 Å². The Morgan fingerprint density at radius 1 is 0.613 bits per heavy atom. The topological polar surface area (TPSA) is 286 Å². The number of methoxy groups -OCH3 is 1. The van der Waals surface area contributed by atoms with E-state index in [0.29, 0.717) is 31.6 Å². The van der Waals surface area contributed by atoms with Gasteiger partial charge in [-0.3, -0.25) is 34.0 Å². The minimum absolute atomic E-state index is 0.0610. The SMILES string of the molecule is COC(=O)[C@@H](CCCN=C(C)N)NC(=O)c1cccn(C(c2ccccc2)c2ccccc2)c1=O.NC(N)=NCCC[C@@H](NC(=O)c1cccn(C(c2ccccc2)c2ccccc2)c1=O)C(=O)O.O=CC(F)(F)F. The predicted molar refractivity (Wildman–Crippen MR) is 277 cm³/mol. The molecule has 0 fully saturated rings. The fraction of sp³-hybridized carbons (Fsp3) is 0.241. The number of hydrogen-bond donors (Lipinski definition) is 6. The van der Waals surface area contributed by atoms with Crippen LogP contribution in [0.25, 0.3) is 0 Å². The zero-order valence-electron chi connectivity index (χ0n) is 41.0. The number of nitrogens with two attached hydrogens (primary N) is 3. The van der Waals surface area contributed by atoms with Crippen molar-refractivity contribution in [1.29, 1.82) is 0 Å². The summed E-state index contributed by atoms with van der Waals surface area (Å²) in [7, 11) is 1.25. The van der Waals surface area contributed by atoms with Crippen LogP contribution in [0, 0.1) is 0 Å². The van der Waals surface area contributed by atoms with E-state index in [-0.39, 0.29) is 30.1 Å². The molecule has 6 aromatic rings. The number of aldehydes is 1. The third-order valence-electron chi connectivity index (χ3n) is 10.9. The summed E-state index contributed by atoms with van der Waals surface area (Å²) in [5, 5.41) is 14.6. The molecule has 0 saturated heterocycles. The van der Waals surface area contributed by atoms with Crippen molar-refractivity contribution in [3.63, 3.8) is 0 Å². The number of halogens is 3. The van der Waals surface area contributed by atoms with Gasteiger partial charge in [-0.25, -0.2) is 9.59 Å². The Bertz CT molecular complexity index is 2910. The van der Waals surface area contributed by atoms with Crippen molar-refractivity contribution in [3.05, 3.63) is 212 Å². The number of nitrogens with zero attached hydrogens (tertiary/aromatic N) is 4. The van der Waals surface area contributed by atoms with Crippen LogP contribution < -0.4 is 39.0 Å². The van der Waals surface area contributed by atoms with E-state index < -0.39 is 71.5 Å². The number of pyridine rings is 2. The smallest absolute Gasteiger partial charge is 0.446 e. The summed E-state index contributed by atoms with van der Waals surface area (Å²) in [6.45, 7) is 2.33. The number of aliphatic carboxylic acids is 1. The highest BCUT2D eigenvalue weighted by molar-refractivity contribution is 5.97. The molecule has 0 bridgehead atoms. The van der Waals surface area contributed by atoms with Gasteiger partial charge in [-0.1, -0.05) is 121 Å². The van der Waals surface area contributed by atoms with Crippen molar-refractivity contribution < 1.29 is 47.0 Å². The van der Waals surface area contributed by atoms with E-state index in [9.17, 15) is 47.0 Å². The van der Waals surface area contributed by atoms with Gasteiger partial charge in [0, 0.05) is 25.5 Å². The number of amidine groups is 1. The zero-order chi connectivity index (χ0) is 54.9. The van der Waals surface area contributed by atoms with Crippen molar-refractivity contribution in [3.8, 4) is 0 Å². The van der Waals surface area contributed by atoms with E-state index in [1.165, 1.54) is 28.4 Å². The number of esters is 1. The van der Waals surface area contributed by atoms with Crippen LogP contribution in [0.2, 0.25) is 0 Å². The Balaban J connectivity index is 0.000000293. The quantitative estimate of drug-likeness (QED) is 0.0185. The Morgan fingerprint density at radius 3 is 1.28 bits per heavy atom. The van der Waals surface area contributed by atoms with E-state index in [2.05, 4.69) is 20.6 Å². The molecule has 2 atom stereocenters. The number of amides is 2. The summed E-state index contributed by atoms with van der Waals surface area (Å²) < 4.78 is 39.1. The number of ether oxygens (including phenoxy) is 1. The van der Waals surface area contributed by atoms with Crippen LogP contribution >= 0.6 is 0 Å². The molecule has 2 heterocycles. The van der Waals surface area contributed by atoms with Crippen molar-refractivity contribution in [2.45, 2.75) is 63.0 Å². The maximum absolute atomic E-state index is 13.5. The second-order valence-corrected chi connectivity index (χ2v) is 16.4. The second kappa shape index (κ2) is 29.4. The maximum atomic E-state index is 13.5. The van der Waals surface area contributed by atoms with Gasteiger partial charge in [0.2, 0.25) is 6.29 Å². The van der Waals surface area contributed by atoms with Gasteiger partial charge in [0.05, 0.1) is 25.0 Å². The lowest BCUT2D eigenvalue weighted by Crippen LogP contribution is -2.44. The Labute approximate surface area is 429 Å². The first-order chi connectivity index (χ1) is 35.9. The van der Waals surface area contributed by atoms with Crippen LogP contribution in [-0.4, -0.2) is 94.5 Å². The molecule has 0 aliphatic heterocycles. The van der Waals surface area contributed by atoms with Gasteiger partial charge in [-0.15, -0.1) is 0 Å². The average Bonchev–Trinajstić information content (AvgIpc) is 3.40. The molecule has 75 heavy (non-hydrogen) atoms. The number of hydrogen-bond acceptors (Lipinski definition) is 10. The summed E-state index contributed by atoms with van der Waals surface area (Å²) in [5.41, 5.74) is 18.4. The maximum Gasteiger partial charge on any atom is 0.446 e. The molecule has 6 rings (SSSR count). The fourth-order valence-electron chi connectivity index (χ4n) is 7.52. The van der Waals surface area contributed by atoms with Crippen LogP contribution in [0.1, 0.15) is 87.7 Å². The Kier molecular flexibility index (Phi) is 22.9. The molecular weight excluding hydrogens is 976 g/mol. The molecule has 0 aliphatic carbocycles. The second-order valence-electron chi connectivity index (χ2n) is 16.4. The van der Waals surface area contributed by atoms with E-state index in [4.69, 9.17) is 26.7 Å². The average molecular weight is 1030 g/mol. The number of carbonyl (C=O) groups excluding carboxylic acids is 4. The third-order valence-corrected chi connectivity index (χ3v) is 10.9. The number of carbonyl (C=O) groups is 5. The molecule has 0 unspecified atom stereocenters. The van der Waals surface area contributed by atoms with Gasteiger partial charge in [-0.2, -0.15) is 13.2 Å². The predicted octanol–water partition coefficient (Wildman–Crippen LogP) is 5.38. The minimum atomic E-state index is -4.64. The van der Waals surface area contributed by atoms with Gasteiger partial charge >= 0.3 is 18.1 Å². The Hall–Kier alpha value is -9.14. The minimum Gasteiger partial charge on any atom is -0.480 e. The summed E-state index contributed by atoms with van der Waals surface area (Å²) in [4.78, 5) is 93.4. The molecular formula is C54H58F3N9O9. The highest BCUT2D eigenvalue weighted by Gasteiger charge is 2.27. The molecule has 0 aliphatic rings. The van der Waals surface area contributed by atoms with Gasteiger partial charge in [0.25, 0.3) is 22.9 Å². The van der Waals surface area contributed by atoms with Crippen molar-refractivity contribution >= 4 is 41.8 Å². The third kappa shape index (κ3) is 18.4. The number of alkyl halides is 3. The summed E-state index contributed by atoms with van der Waals surface area (Å²) in [6, 6.07) is 41.3. The van der Waals surface area contributed by atoms with Crippen LogP contribution in [0.4, 0.5) is 13.2 Å². The molecule has 0 saturated carbocycles. The van der Waals surface area contributed by atoms with Gasteiger partial charge in [0.1, 0.15) is 23.2 Å². The van der Waals surface area contributed by atoms with Crippen LogP contribution in [0.3, 0.4) is 0 Å². The summed E-state index contributed by atoms with van der Waals surface area (Å²) >= 11 is 0. The number of carboxylic acids is 1. The normalized spacial score (nSPS) is 11.9. The molecule has 18 nitrogen and oxygen atoms in total. The molecule has 0 radical (unpaired) electrons. The lowest BCUT2D eigenvalue weighted by atomic mass is 9.98. The largest absolute Gasteiger partial charge is 0.480 e. The van der Waals surface area contributed by atoms with Crippen molar-refractivity contribution in [2.24, 2.45) is 27.2 Å². The molecule has 2 aromatic heterocycles. The number of benzene rings is 4. The summed E-state index contributed by atoms with van der Waals surface area (Å²) in [5.74, 6) is -2.84. The number of rotatable bonds is 20. The first-order valence-corrected chi connectivity index (χ1v) is 23.3. The molecule has 4 aromatic carbocycles. The number of aromatic nitrogens is 2. The van der Waals surface area contributed by atoms with E-state index in [1.807, 2.05) is 121 Å². The fourth-order valence-corrected chi connectivity index (χ4v) is 7.52. The lowest BCUT2D eigenvalue weighted by molar-refractivity contribution is -0.156. The highest BCUT2D eigenvalue weighted by Crippen LogP contribution is 2.27. The Morgan fingerprint density at radius 2 is 0.960 bits per heavy atom. The summed E-state index contributed by atoms with van der Waals surface area (Å²) in [6.07, 6.45) is -1.16. The number of nitrogens with one attached hydrogen (secondary N) is 2. The van der Waals surface area contributed by atoms with Crippen molar-refractivity contribution in [2.75, 3.05) is 20.2 Å². The highest BCUT2D eigenvalue weighted by atomic mass is 19.4. The zero-order valence-corrected chi connectivity index (χ0v) is 41.0. The van der Waals surface area contributed by atoms with Gasteiger partial charge < -0.3 is 46.8 Å². The first-order valence-electron chi connectivity index (χ1n) is 23.3. The van der Waals surface area contributed by atoms with Crippen LogP contribution in [0.15, 0.2) is 178 Å². The van der Waals surface area contributed by atoms with Gasteiger partial charge in [0.15, 0.2) is 5.96 Å². The first kappa shape index (κ1) is 58.4. The van der Waals surface area contributed by atoms with E-state index in [0.717, 1.165) is 22.3 Å². The molecule has 2 amide bonds. The number of guanidine groups is 1. The molecule has 0 spiro atoms.